The molecule has 0 bridgehead atoms. The third-order valence-corrected chi connectivity index (χ3v) is 4.42. The number of nitrogens with one attached hydrogen (secondary N) is 1. The monoisotopic (exact) mass is 444 g/mol. The summed E-state index contributed by atoms with van der Waals surface area (Å²) in [4.78, 5) is 18.0. The van der Waals surface area contributed by atoms with Crippen molar-refractivity contribution in [2.24, 2.45) is 5.73 Å². The maximum Gasteiger partial charge on any atom is 0.300 e. The number of hydrogen-bond donors (Lipinski definition) is 4. The van der Waals surface area contributed by atoms with Crippen molar-refractivity contribution >= 4 is 11.9 Å². The Morgan fingerprint density at radius 2 is 1.03 bits per heavy atom. The van der Waals surface area contributed by atoms with Crippen LogP contribution in [0.1, 0.15) is 117 Å². The summed E-state index contributed by atoms with van der Waals surface area (Å²) >= 11 is 0. The standard InChI is InChI=1S/C21H44N2.2C2H4O2/c1-2-3-4-5-6-7-8-9-10-11-12-13-14-15-16-17-20-23-21-18-19-22;2*1-2(3)4/h9-10,23H,2-8,11-22H2,1H3;2*1H3,(H,3,4)/b10-9-;;. The molecular weight excluding hydrogens is 392 g/mol. The highest BCUT2D eigenvalue weighted by Gasteiger charge is 1.92. The Hall–Kier alpha value is -1.40. The Kier molecular flexibility index (Phi) is 36.7. The van der Waals surface area contributed by atoms with Gasteiger partial charge in [0.15, 0.2) is 0 Å². The van der Waals surface area contributed by atoms with Crippen LogP contribution < -0.4 is 11.1 Å². The zero-order valence-electron chi connectivity index (χ0n) is 20.7. The lowest BCUT2D eigenvalue weighted by atomic mass is 10.1. The van der Waals surface area contributed by atoms with Gasteiger partial charge in [0.05, 0.1) is 0 Å². The van der Waals surface area contributed by atoms with Crippen molar-refractivity contribution in [3.63, 3.8) is 0 Å². The quantitative estimate of drug-likeness (QED) is 0.140. The number of hydrogen-bond acceptors (Lipinski definition) is 4. The molecule has 0 saturated carbocycles. The van der Waals surface area contributed by atoms with Gasteiger partial charge in [0.1, 0.15) is 0 Å². The number of carbonyl (C=O) groups is 2. The molecular formula is C25H52N2O4. The molecule has 0 rings (SSSR count). The molecule has 0 heterocycles. The van der Waals surface area contributed by atoms with Crippen molar-refractivity contribution in [2.75, 3.05) is 19.6 Å². The summed E-state index contributed by atoms with van der Waals surface area (Å²) < 4.78 is 0. The molecule has 0 atom stereocenters. The Morgan fingerprint density at radius 1 is 0.677 bits per heavy atom. The van der Waals surface area contributed by atoms with E-state index < -0.39 is 11.9 Å². The minimum Gasteiger partial charge on any atom is -0.481 e. The van der Waals surface area contributed by atoms with Gasteiger partial charge in [-0.05, 0) is 58.2 Å². The number of nitrogens with two attached hydrogens (primary N) is 1. The number of allylic oxidation sites excluding steroid dienone is 2. The Morgan fingerprint density at radius 3 is 1.45 bits per heavy atom. The van der Waals surface area contributed by atoms with E-state index in [9.17, 15) is 0 Å². The van der Waals surface area contributed by atoms with Crippen molar-refractivity contribution in [1.29, 1.82) is 0 Å². The summed E-state index contributed by atoms with van der Waals surface area (Å²) in [6, 6.07) is 0. The highest BCUT2D eigenvalue weighted by atomic mass is 16.4. The van der Waals surface area contributed by atoms with E-state index >= 15 is 0 Å². The van der Waals surface area contributed by atoms with Crippen LogP contribution in [0.5, 0.6) is 0 Å². The number of aliphatic carboxylic acids is 2. The van der Waals surface area contributed by atoms with Crippen LogP contribution in [-0.4, -0.2) is 41.8 Å². The first-order valence-corrected chi connectivity index (χ1v) is 12.3. The van der Waals surface area contributed by atoms with Gasteiger partial charge >= 0.3 is 0 Å². The minimum atomic E-state index is -0.833. The van der Waals surface area contributed by atoms with Gasteiger partial charge in [-0.1, -0.05) is 76.9 Å². The fraction of sp³-hybridized carbons (Fsp3) is 0.840. The van der Waals surface area contributed by atoms with Crippen LogP contribution in [0, 0.1) is 0 Å². The average molecular weight is 445 g/mol. The van der Waals surface area contributed by atoms with Crippen molar-refractivity contribution < 1.29 is 19.8 Å². The summed E-state index contributed by atoms with van der Waals surface area (Å²) in [7, 11) is 0. The summed E-state index contributed by atoms with van der Waals surface area (Å²) in [5.74, 6) is -1.67. The third kappa shape index (κ3) is 58.5. The molecule has 31 heavy (non-hydrogen) atoms. The summed E-state index contributed by atoms with van der Waals surface area (Å²) in [6.07, 6.45) is 25.3. The van der Waals surface area contributed by atoms with Gasteiger partial charge in [0.25, 0.3) is 11.9 Å². The molecule has 0 amide bonds. The summed E-state index contributed by atoms with van der Waals surface area (Å²) in [5, 5.41) is 18.3. The zero-order valence-corrected chi connectivity index (χ0v) is 20.7. The highest BCUT2D eigenvalue weighted by molar-refractivity contribution is 5.63. The van der Waals surface area contributed by atoms with Gasteiger partial charge in [-0.15, -0.1) is 0 Å². The first-order valence-electron chi connectivity index (χ1n) is 12.3. The van der Waals surface area contributed by atoms with E-state index in [1.165, 1.54) is 96.4 Å². The zero-order chi connectivity index (χ0) is 24.0. The molecule has 6 heteroatoms. The highest BCUT2D eigenvalue weighted by Crippen LogP contribution is 2.09. The van der Waals surface area contributed by atoms with Gasteiger partial charge in [0, 0.05) is 13.8 Å². The first-order chi connectivity index (χ1) is 14.9. The topological polar surface area (TPSA) is 113 Å². The van der Waals surface area contributed by atoms with Crippen molar-refractivity contribution in [1.82, 2.24) is 5.32 Å². The molecule has 0 spiro atoms. The van der Waals surface area contributed by atoms with Gasteiger partial charge in [-0.2, -0.15) is 0 Å². The van der Waals surface area contributed by atoms with E-state index in [0.29, 0.717) is 0 Å². The van der Waals surface area contributed by atoms with Crippen molar-refractivity contribution in [3.8, 4) is 0 Å². The Labute approximate surface area is 192 Å². The molecule has 0 aliphatic rings. The second-order valence-corrected chi connectivity index (χ2v) is 7.87. The van der Waals surface area contributed by atoms with Gasteiger partial charge in [-0.25, -0.2) is 0 Å². The van der Waals surface area contributed by atoms with E-state index in [4.69, 9.17) is 25.5 Å². The summed E-state index contributed by atoms with van der Waals surface area (Å²) in [6.45, 7) is 7.51. The molecule has 0 aliphatic heterocycles. The molecule has 0 aromatic carbocycles. The van der Waals surface area contributed by atoms with Crippen LogP contribution in [-0.2, 0) is 9.59 Å². The fourth-order valence-electron chi connectivity index (χ4n) is 2.85. The van der Waals surface area contributed by atoms with Crippen molar-refractivity contribution in [2.45, 2.75) is 117 Å². The molecule has 5 N–H and O–H groups in total. The lowest BCUT2D eigenvalue weighted by Crippen LogP contribution is -2.19. The predicted molar refractivity (Wildman–Crippen MR) is 133 cm³/mol. The molecule has 0 radical (unpaired) electrons. The van der Waals surface area contributed by atoms with E-state index in [2.05, 4.69) is 24.4 Å². The van der Waals surface area contributed by atoms with E-state index in [-0.39, 0.29) is 0 Å². The Balaban J connectivity index is -0.000000832. The molecule has 0 unspecified atom stereocenters. The summed E-state index contributed by atoms with van der Waals surface area (Å²) in [5.41, 5.74) is 5.46. The minimum absolute atomic E-state index is 0.806. The maximum atomic E-state index is 9.00. The van der Waals surface area contributed by atoms with E-state index in [1.807, 2.05) is 0 Å². The molecule has 0 fully saturated rings. The van der Waals surface area contributed by atoms with Gasteiger partial charge < -0.3 is 21.3 Å². The smallest absolute Gasteiger partial charge is 0.300 e. The molecule has 6 nitrogen and oxygen atoms in total. The maximum absolute atomic E-state index is 9.00. The van der Waals surface area contributed by atoms with Gasteiger partial charge in [0.2, 0.25) is 0 Å². The largest absolute Gasteiger partial charge is 0.481 e. The number of unbranched alkanes of at least 4 members (excludes halogenated alkanes) is 12. The number of carboxylic acid groups (broad SMARTS) is 2. The first kappa shape index (κ1) is 34.2. The van der Waals surface area contributed by atoms with Crippen LogP contribution in [0.4, 0.5) is 0 Å². The normalized spacial score (nSPS) is 10.2. The SMILES string of the molecule is CC(=O)O.CC(=O)O.CCCCCCCC/C=C\CCCCCCCCNCCCN. The van der Waals surface area contributed by atoms with Crippen LogP contribution >= 0.6 is 0 Å². The van der Waals surface area contributed by atoms with E-state index in [0.717, 1.165) is 33.4 Å². The second kappa shape index (κ2) is 33.2. The predicted octanol–water partition coefficient (Wildman–Crippen LogP) is 6.14. The van der Waals surface area contributed by atoms with Crippen LogP contribution in [0.15, 0.2) is 12.2 Å². The molecule has 0 saturated heterocycles. The Bertz CT molecular complexity index is 368. The van der Waals surface area contributed by atoms with Crippen molar-refractivity contribution in [3.05, 3.63) is 12.2 Å². The third-order valence-electron chi connectivity index (χ3n) is 4.42. The molecule has 0 aromatic heterocycles. The van der Waals surface area contributed by atoms with Crippen LogP contribution in [0.25, 0.3) is 0 Å². The number of carboxylic acids is 2. The van der Waals surface area contributed by atoms with Crippen LogP contribution in [0.3, 0.4) is 0 Å². The molecule has 186 valence electrons. The lowest BCUT2D eigenvalue weighted by molar-refractivity contribution is -0.135. The average Bonchev–Trinajstić information content (AvgIpc) is 2.69. The fourth-order valence-corrected chi connectivity index (χ4v) is 2.85. The molecule has 0 aromatic rings. The lowest BCUT2D eigenvalue weighted by Gasteiger charge is -2.03. The van der Waals surface area contributed by atoms with Gasteiger partial charge in [-0.3, -0.25) is 9.59 Å². The number of rotatable bonds is 19. The van der Waals surface area contributed by atoms with Crippen LogP contribution in [0.2, 0.25) is 0 Å². The second-order valence-electron chi connectivity index (χ2n) is 7.87. The van der Waals surface area contributed by atoms with E-state index in [1.54, 1.807) is 0 Å². The molecule has 0 aliphatic carbocycles.